The third-order valence-corrected chi connectivity index (χ3v) is 6.02. The molecule has 130 valence electrons. The van der Waals surface area contributed by atoms with Gasteiger partial charge < -0.3 is 5.32 Å². The monoisotopic (exact) mass is 363 g/mol. The van der Waals surface area contributed by atoms with Crippen LogP contribution in [-0.4, -0.2) is 9.59 Å². The van der Waals surface area contributed by atoms with Crippen LogP contribution in [0.2, 0.25) is 4.34 Å². The molecule has 1 atom stereocenters. The van der Waals surface area contributed by atoms with Gasteiger partial charge in [-0.2, -0.15) is 0 Å². The Bertz CT molecular complexity index is 632. The second-order valence-electron chi connectivity index (χ2n) is 7.10. The van der Waals surface area contributed by atoms with E-state index in [0.717, 1.165) is 11.6 Å². The van der Waals surface area contributed by atoms with E-state index in [1.807, 2.05) is 0 Å². The molecule has 0 bridgehead atoms. The van der Waals surface area contributed by atoms with Gasteiger partial charge >= 0.3 is 0 Å². The zero-order chi connectivity index (χ0) is 16.9. The minimum atomic E-state index is 0.295. The Labute approximate surface area is 154 Å². The largest absolute Gasteiger partial charge is 0.304 e. The first kappa shape index (κ1) is 17.8. The first-order chi connectivity index (χ1) is 11.6. The molecule has 1 saturated carbocycles. The number of rotatable bonds is 6. The Morgan fingerprint density at radius 3 is 2.46 bits per heavy atom. The fraction of sp³-hybridized carbons (Fsp3) is 0.579. The Balaban J connectivity index is 1.67. The van der Waals surface area contributed by atoms with Gasteiger partial charge in [0.2, 0.25) is 0 Å². The molecule has 1 heterocycles. The number of nitrogens with one attached hydrogen (secondary N) is 1. The summed E-state index contributed by atoms with van der Waals surface area (Å²) in [6.45, 7) is 5.14. The first-order valence-corrected chi connectivity index (χ1v) is 10.1. The Morgan fingerprint density at radius 2 is 1.88 bits per heavy atom. The van der Waals surface area contributed by atoms with Crippen molar-refractivity contribution in [1.29, 1.82) is 0 Å². The van der Waals surface area contributed by atoms with Crippen LogP contribution >= 0.6 is 23.1 Å². The molecule has 0 amide bonds. The molecular weight excluding hydrogens is 338 g/mol. The second kappa shape index (κ2) is 8.41. The average molecular weight is 364 g/mol. The predicted molar refractivity (Wildman–Crippen MR) is 102 cm³/mol. The van der Waals surface area contributed by atoms with Crippen LogP contribution in [0.15, 0.2) is 24.3 Å². The van der Waals surface area contributed by atoms with Crippen LogP contribution in [0, 0.1) is 5.92 Å². The highest BCUT2D eigenvalue weighted by Crippen LogP contribution is 2.33. The zero-order valence-electron chi connectivity index (χ0n) is 14.5. The van der Waals surface area contributed by atoms with Gasteiger partial charge in [-0.05, 0) is 35.8 Å². The van der Waals surface area contributed by atoms with Crippen LogP contribution in [0.4, 0.5) is 0 Å². The zero-order valence-corrected chi connectivity index (χ0v) is 16.0. The molecule has 0 aliphatic heterocycles. The molecule has 3 rings (SSSR count). The predicted octanol–water partition coefficient (Wildman–Crippen LogP) is 5.73. The van der Waals surface area contributed by atoms with Crippen LogP contribution in [0.25, 0.3) is 0 Å². The van der Waals surface area contributed by atoms with E-state index in [1.165, 1.54) is 54.8 Å². The van der Waals surface area contributed by atoms with Gasteiger partial charge in [0, 0.05) is 24.1 Å². The lowest BCUT2D eigenvalue weighted by molar-refractivity contribution is 0.407. The lowest BCUT2D eigenvalue weighted by Gasteiger charge is -2.25. The molecule has 24 heavy (non-hydrogen) atoms. The Hall–Kier alpha value is -0.970. The van der Waals surface area contributed by atoms with Crippen molar-refractivity contribution in [2.24, 2.45) is 5.92 Å². The van der Waals surface area contributed by atoms with Gasteiger partial charge in [-0.3, -0.25) is 0 Å². The average Bonchev–Trinajstić information content (AvgIpc) is 3.01. The molecular formula is C19H26ClN3S. The number of halogens is 1. The van der Waals surface area contributed by atoms with Gasteiger partial charge in [0.1, 0.15) is 10.0 Å². The molecule has 1 aliphatic carbocycles. The van der Waals surface area contributed by atoms with E-state index in [2.05, 4.69) is 53.0 Å². The van der Waals surface area contributed by atoms with Gasteiger partial charge in [-0.1, -0.05) is 73.5 Å². The van der Waals surface area contributed by atoms with E-state index in [9.17, 15) is 0 Å². The first-order valence-electron chi connectivity index (χ1n) is 8.95. The third kappa shape index (κ3) is 4.35. The van der Waals surface area contributed by atoms with Crippen molar-refractivity contribution < 1.29 is 0 Å². The molecule has 5 heteroatoms. The summed E-state index contributed by atoms with van der Waals surface area (Å²) in [6.07, 6.45) is 6.86. The minimum Gasteiger partial charge on any atom is -0.304 e. The molecule has 1 aromatic carbocycles. The minimum absolute atomic E-state index is 0.295. The Kier molecular flexibility index (Phi) is 6.25. The fourth-order valence-corrected chi connectivity index (χ4v) is 4.29. The molecule has 1 aromatic heterocycles. The summed E-state index contributed by atoms with van der Waals surface area (Å²) in [6, 6.07) is 9.55. The quantitative estimate of drug-likeness (QED) is 0.712. The summed E-state index contributed by atoms with van der Waals surface area (Å²) in [7, 11) is 0. The third-order valence-electron chi connectivity index (χ3n) is 5.04. The highest BCUT2D eigenvalue weighted by molar-refractivity contribution is 7.10. The van der Waals surface area contributed by atoms with Crippen LogP contribution < -0.4 is 5.32 Å². The van der Waals surface area contributed by atoms with E-state index >= 15 is 0 Å². The fourth-order valence-electron chi connectivity index (χ4n) is 3.66. The lowest BCUT2D eigenvalue weighted by Crippen LogP contribution is -2.25. The molecule has 0 spiro atoms. The van der Waals surface area contributed by atoms with Crippen LogP contribution in [0.1, 0.15) is 74.7 Å². The van der Waals surface area contributed by atoms with Gasteiger partial charge in [0.15, 0.2) is 0 Å². The molecule has 1 fully saturated rings. The summed E-state index contributed by atoms with van der Waals surface area (Å²) >= 11 is 7.35. The van der Waals surface area contributed by atoms with Crippen LogP contribution in [-0.2, 0) is 6.54 Å². The molecule has 0 radical (unpaired) electrons. The maximum atomic E-state index is 6.11. The number of hydrogen-bond donors (Lipinski definition) is 1. The highest BCUT2D eigenvalue weighted by Gasteiger charge is 2.19. The van der Waals surface area contributed by atoms with E-state index < -0.39 is 0 Å². The second-order valence-corrected chi connectivity index (χ2v) is 8.45. The summed E-state index contributed by atoms with van der Waals surface area (Å²) in [4.78, 5) is 0. The standard InChI is InChI=1S/C19H26ClN3S/c1-13(2)18(21-12-17-19(20)24-23-22-17)16-10-8-15(9-11-16)14-6-4-3-5-7-14/h8-11,13-14,18,21H,3-7,12H2,1-2H3. The Morgan fingerprint density at radius 1 is 1.17 bits per heavy atom. The lowest BCUT2D eigenvalue weighted by atomic mass is 9.83. The highest BCUT2D eigenvalue weighted by atomic mass is 35.5. The SMILES string of the molecule is CC(C)C(NCc1nnsc1Cl)c1ccc(C2CCCCC2)cc1. The summed E-state index contributed by atoms with van der Waals surface area (Å²) in [5.74, 6) is 1.26. The maximum Gasteiger partial charge on any atom is 0.138 e. The number of hydrogen-bond acceptors (Lipinski definition) is 4. The van der Waals surface area contributed by atoms with Crippen molar-refractivity contribution in [2.75, 3.05) is 0 Å². The summed E-state index contributed by atoms with van der Waals surface area (Å²) in [5.41, 5.74) is 3.68. The molecule has 2 aromatic rings. The number of aromatic nitrogens is 2. The van der Waals surface area contributed by atoms with Gasteiger partial charge in [-0.25, -0.2) is 0 Å². The number of nitrogens with zero attached hydrogens (tertiary/aromatic N) is 2. The van der Waals surface area contributed by atoms with Gasteiger partial charge in [0.05, 0.1) is 0 Å². The van der Waals surface area contributed by atoms with Crippen molar-refractivity contribution in [3.05, 3.63) is 45.4 Å². The van der Waals surface area contributed by atoms with Gasteiger partial charge in [0.25, 0.3) is 0 Å². The van der Waals surface area contributed by atoms with Crippen molar-refractivity contribution in [2.45, 2.75) is 64.5 Å². The smallest absolute Gasteiger partial charge is 0.138 e. The van der Waals surface area contributed by atoms with Crippen LogP contribution in [0.5, 0.6) is 0 Å². The van der Waals surface area contributed by atoms with E-state index in [-0.39, 0.29) is 0 Å². The molecule has 3 nitrogen and oxygen atoms in total. The van der Waals surface area contributed by atoms with E-state index in [4.69, 9.17) is 11.6 Å². The van der Waals surface area contributed by atoms with Crippen molar-refractivity contribution >= 4 is 23.1 Å². The molecule has 1 unspecified atom stereocenters. The summed E-state index contributed by atoms with van der Waals surface area (Å²) in [5, 5.41) is 7.69. The maximum absolute atomic E-state index is 6.11. The van der Waals surface area contributed by atoms with E-state index in [0.29, 0.717) is 22.8 Å². The summed E-state index contributed by atoms with van der Waals surface area (Å²) < 4.78 is 4.58. The van der Waals surface area contributed by atoms with E-state index in [1.54, 1.807) is 0 Å². The number of benzene rings is 1. The molecule has 1 N–H and O–H groups in total. The molecule has 0 saturated heterocycles. The topological polar surface area (TPSA) is 37.8 Å². The van der Waals surface area contributed by atoms with Crippen molar-refractivity contribution in [3.8, 4) is 0 Å². The van der Waals surface area contributed by atoms with Crippen LogP contribution in [0.3, 0.4) is 0 Å². The van der Waals surface area contributed by atoms with Crippen molar-refractivity contribution in [3.63, 3.8) is 0 Å². The normalized spacial score (nSPS) is 17.3. The molecule has 1 aliphatic rings. The van der Waals surface area contributed by atoms with Gasteiger partial charge in [-0.15, -0.1) is 5.10 Å². The van der Waals surface area contributed by atoms with Crippen molar-refractivity contribution in [1.82, 2.24) is 14.9 Å².